The summed E-state index contributed by atoms with van der Waals surface area (Å²) in [6, 6.07) is 10.4. The Hall–Kier alpha value is -1.57. The molecule has 2 atom stereocenters. The number of allylic oxidation sites excluding steroid dienone is 2. The van der Waals surface area contributed by atoms with E-state index in [2.05, 4.69) is 52.0 Å². The molecule has 0 aliphatic heterocycles. The molecule has 0 bridgehead atoms. The molecule has 2 nitrogen and oxygen atoms in total. The number of fused-ring (bicyclic) bond motifs is 1. The van der Waals surface area contributed by atoms with Gasteiger partial charge in [0.05, 0.1) is 11.5 Å². The molecule has 2 aliphatic carbocycles. The Bertz CT molecular complexity index is 663. The Morgan fingerprint density at radius 3 is 2.17 bits per heavy atom. The molecule has 1 aromatic carbocycles. The first-order chi connectivity index (χ1) is 10.6. The molecule has 23 heavy (non-hydrogen) atoms. The summed E-state index contributed by atoms with van der Waals surface area (Å²) in [7, 11) is 0. The van der Waals surface area contributed by atoms with Gasteiger partial charge in [-0.1, -0.05) is 58.0 Å². The molecule has 3 rings (SSSR count). The molecule has 0 saturated heterocycles. The molecule has 0 N–H and O–H groups in total. The minimum absolute atomic E-state index is 0.0300. The lowest BCUT2D eigenvalue weighted by Gasteiger charge is -2.59. The lowest BCUT2D eigenvalue weighted by Crippen LogP contribution is -2.63. The molecule has 1 fully saturated rings. The van der Waals surface area contributed by atoms with Crippen molar-refractivity contribution in [2.45, 2.75) is 60.5 Å². The van der Waals surface area contributed by atoms with Crippen LogP contribution in [0.4, 0.5) is 0 Å². The van der Waals surface area contributed by atoms with Gasteiger partial charge in [-0.25, -0.2) is 0 Å². The first-order valence-corrected chi connectivity index (χ1v) is 8.62. The summed E-state index contributed by atoms with van der Waals surface area (Å²) in [5.41, 5.74) is 1.74. The molecule has 0 unspecified atom stereocenters. The fraction of sp³-hybridized carbons (Fsp3) is 0.571. The van der Waals surface area contributed by atoms with Gasteiger partial charge >= 0.3 is 0 Å². The van der Waals surface area contributed by atoms with Gasteiger partial charge in [0, 0.05) is 6.42 Å². The van der Waals surface area contributed by atoms with E-state index in [4.69, 9.17) is 4.74 Å². The SMILES string of the molecule is CC(C)OC1=C(c2ccccc2)C[C@@]2(C)CC(=O)[C@@]12C(C)(C)C. The first-order valence-electron chi connectivity index (χ1n) is 8.62. The molecule has 1 saturated carbocycles. The van der Waals surface area contributed by atoms with Crippen molar-refractivity contribution in [2.24, 2.45) is 16.2 Å². The predicted octanol–water partition coefficient (Wildman–Crippen LogP) is 5.24. The van der Waals surface area contributed by atoms with E-state index >= 15 is 0 Å². The van der Waals surface area contributed by atoms with Crippen LogP contribution in [0.15, 0.2) is 36.1 Å². The van der Waals surface area contributed by atoms with Crippen molar-refractivity contribution in [1.82, 2.24) is 0 Å². The minimum atomic E-state index is -0.491. The molecule has 2 aliphatic rings. The summed E-state index contributed by atoms with van der Waals surface area (Å²) >= 11 is 0. The van der Waals surface area contributed by atoms with E-state index in [1.807, 2.05) is 19.9 Å². The van der Waals surface area contributed by atoms with Gasteiger partial charge < -0.3 is 4.74 Å². The standard InChI is InChI=1S/C21H28O2/c1-14(2)23-18-16(15-10-8-7-9-11-15)12-20(6)13-17(22)21(18,20)19(3,4)5/h7-11,14H,12-13H2,1-6H3/t20-,21-/m0/s1. The quantitative estimate of drug-likeness (QED) is 0.763. The number of carbonyl (C=O) groups excluding carboxylic acids is 1. The van der Waals surface area contributed by atoms with Gasteiger partial charge in [0.25, 0.3) is 0 Å². The highest BCUT2D eigenvalue weighted by Gasteiger charge is 2.74. The zero-order chi connectivity index (χ0) is 17.0. The van der Waals surface area contributed by atoms with E-state index in [1.54, 1.807) is 0 Å². The fourth-order valence-electron chi connectivity index (χ4n) is 5.07. The summed E-state index contributed by atoms with van der Waals surface area (Å²) in [5.74, 6) is 1.28. The van der Waals surface area contributed by atoms with Crippen LogP contribution >= 0.6 is 0 Å². The minimum Gasteiger partial charge on any atom is -0.494 e. The average molecular weight is 312 g/mol. The fourth-order valence-corrected chi connectivity index (χ4v) is 5.07. The number of ether oxygens (including phenoxy) is 1. The zero-order valence-corrected chi connectivity index (χ0v) is 15.2. The predicted molar refractivity (Wildman–Crippen MR) is 93.8 cm³/mol. The maximum atomic E-state index is 12.9. The molecule has 0 amide bonds. The lowest BCUT2D eigenvalue weighted by atomic mass is 9.42. The average Bonchev–Trinajstić information content (AvgIpc) is 2.63. The highest BCUT2D eigenvalue weighted by molar-refractivity contribution is 6.01. The van der Waals surface area contributed by atoms with Gasteiger partial charge in [0.15, 0.2) is 0 Å². The van der Waals surface area contributed by atoms with Gasteiger partial charge in [0.1, 0.15) is 11.5 Å². The van der Waals surface area contributed by atoms with E-state index in [1.165, 1.54) is 11.1 Å². The highest BCUT2D eigenvalue weighted by atomic mass is 16.5. The molecule has 0 radical (unpaired) electrons. The highest BCUT2D eigenvalue weighted by Crippen LogP contribution is 2.74. The van der Waals surface area contributed by atoms with Crippen LogP contribution in [0.2, 0.25) is 0 Å². The van der Waals surface area contributed by atoms with E-state index < -0.39 is 5.41 Å². The third-order valence-electron chi connectivity index (χ3n) is 5.66. The van der Waals surface area contributed by atoms with Gasteiger partial charge in [-0.15, -0.1) is 0 Å². The molecule has 0 heterocycles. The summed E-state index contributed by atoms with van der Waals surface area (Å²) in [6.45, 7) is 12.9. The van der Waals surface area contributed by atoms with Crippen molar-refractivity contribution in [3.8, 4) is 0 Å². The van der Waals surface area contributed by atoms with Crippen molar-refractivity contribution in [1.29, 1.82) is 0 Å². The molecule has 0 spiro atoms. The third-order valence-corrected chi connectivity index (χ3v) is 5.66. The van der Waals surface area contributed by atoms with Crippen LogP contribution in [0.25, 0.3) is 5.57 Å². The summed E-state index contributed by atoms with van der Waals surface area (Å²) < 4.78 is 6.34. The van der Waals surface area contributed by atoms with Crippen molar-refractivity contribution < 1.29 is 9.53 Å². The number of Topliss-reactive ketones (excluding diaryl/α,β-unsaturated/α-hetero) is 1. The Morgan fingerprint density at radius 2 is 1.70 bits per heavy atom. The van der Waals surface area contributed by atoms with E-state index in [9.17, 15) is 4.79 Å². The second-order valence-corrected chi connectivity index (χ2v) is 8.68. The maximum Gasteiger partial charge on any atom is 0.148 e. The van der Waals surface area contributed by atoms with Gasteiger partial charge in [-0.3, -0.25) is 4.79 Å². The molecule has 0 aromatic heterocycles. The van der Waals surface area contributed by atoms with Gasteiger partial charge in [-0.2, -0.15) is 0 Å². The van der Waals surface area contributed by atoms with Crippen LogP contribution in [0, 0.1) is 16.2 Å². The van der Waals surface area contributed by atoms with E-state index in [0.29, 0.717) is 12.2 Å². The normalized spacial score (nSPS) is 30.5. The molecule has 124 valence electrons. The van der Waals surface area contributed by atoms with E-state index in [0.717, 1.165) is 12.2 Å². The number of hydrogen-bond donors (Lipinski definition) is 0. The van der Waals surface area contributed by atoms with Crippen LogP contribution in [0.5, 0.6) is 0 Å². The van der Waals surface area contributed by atoms with Crippen molar-refractivity contribution in [3.63, 3.8) is 0 Å². The number of ketones is 1. The Balaban J connectivity index is 2.25. The second kappa shape index (κ2) is 4.96. The topological polar surface area (TPSA) is 26.3 Å². The van der Waals surface area contributed by atoms with Crippen LogP contribution in [-0.2, 0) is 9.53 Å². The third kappa shape index (κ3) is 2.03. The lowest BCUT2D eigenvalue weighted by molar-refractivity contribution is -0.173. The van der Waals surface area contributed by atoms with Crippen LogP contribution < -0.4 is 0 Å². The molecule has 2 heteroatoms. The first kappa shape index (κ1) is 16.3. The molecule has 1 aromatic rings. The van der Waals surface area contributed by atoms with Crippen molar-refractivity contribution in [3.05, 3.63) is 41.7 Å². The molecular formula is C21H28O2. The zero-order valence-electron chi connectivity index (χ0n) is 15.2. The number of carbonyl (C=O) groups is 1. The number of hydrogen-bond acceptors (Lipinski definition) is 2. The largest absolute Gasteiger partial charge is 0.494 e. The number of benzene rings is 1. The van der Waals surface area contributed by atoms with Crippen molar-refractivity contribution in [2.75, 3.05) is 0 Å². The smallest absolute Gasteiger partial charge is 0.148 e. The van der Waals surface area contributed by atoms with Crippen LogP contribution in [-0.4, -0.2) is 11.9 Å². The van der Waals surface area contributed by atoms with Crippen LogP contribution in [0.1, 0.15) is 59.9 Å². The van der Waals surface area contributed by atoms with Gasteiger partial charge in [0.2, 0.25) is 0 Å². The summed E-state index contributed by atoms with van der Waals surface area (Å²) in [6.07, 6.45) is 1.65. The summed E-state index contributed by atoms with van der Waals surface area (Å²) in [5, 5.41) is 0. The second-order valence-electron chi connectivity index (χ2n) is 8.68. The Labute approximate surface area is 139 Å². The van der Waals surface area contributed by atoms with Crippen LogP contribution in [0.3, 0.4) is 0 Å². The monoisotopic (exact) mass is 312 g/mol. The van der Waals surface area contributed by atoms with Crippen molar-refractivity contribution >= 4 is 11.4 Å². The Kier molecular flexibility index (Phi) is 3.51. The number of rotatable bonds is 3. The summed E-state index contributed by atoms with van der Waals surface area (Å²) in [4.78, 5) is 12.9. The van der Waals surface area contributed by atoms with E-state index in [-0.39, 0.29) is 16.9 Å². The maximum absolute atomic E-state index is 12.9. The molecular weight excluding hydrogens is 284 g/mol. The Morgan fingerprint density at radius 1 is 1.09 bits per heavy atom. The van der Waals surface area contributed by atoms with Gasteiger partial charge in [-0.05, 0) is 42.2 Å².